The first kappa shape index (κ1) is 37.1. The average Bonchev–Trinajstić information content (AvgIpc) is 3.91. The van der Waals surface area contributed by atoms with Crippen LogP contribution >= 0.6 is 0 Å². The fraction of sp³-hybridized carbons (Fsp3) is 0.297. The van der Waals surface area contributed by atoms with Crippen molar-refractivity contribution in [3.8, 4) is 0 Å². The third-order valence-corrected chi connectivity index (χ3v) is 8.73. The van der Waals surface area contributed by atoms with Crippen LogP contribution in [0.1, 0.15) is 73.3 Å². The number of imidazole rings is 2. The fourth-order valence-corrected chi connectivity index (χ4v) is 6.13. The van der Waals surface area contributed by atoms with Crippen molar-refractivity contribution >= 4 is 57.6 Å². The van der Waals surface area contributed by atoms with Gasteiger partial charge in [0.25, 0.3) is 17.7 Å². The summed E-state index contributed by atoms with van der Waals surface area (Å²) >= 11 is 0. The molecule has 0 radical (unpaired) electrons. The molecule has 0 saturated carbocycles. The second kappa shape index (κ2) is 16.0. The van der Waals surface area contributed by atoms with E-state index in [1.54, 1.807) is 62.5 Å². The number of fused-ring (bicyclic) bond motifs is 2. The molecular formula is C37H42N12O5. The predicted octanol–water partition coefficient (Wildman–Crippen LogP) is 3.41. The lowest BCUT2D eigenvalue weighted by Gasteiger charge is -2.10. The first-order valence-corrected chi connectivity index (χ1v) is 17.6. The third-order valence-electron chi connectivity index (χ3n) is 8.73. The maximum atomic E-state index is 13.5. The highest BCUT2D eigenvalue weighted by Crippen LogP contribution is 2.24. The highest BCUT2D eigenvalue weighted by molar-refractivity contribution is 6.04. The lowest BCUT2D eigenvalue weighted by molar-refractivity contribution is 0.0948. The molecule has 0 aliphatic rings. The number of primary amides is 1. The van der Waals surface area contributed by atoms with Gasteiger partial charge in [0.1, 0.15) is 11.4 Å². The molecule has 4 amide bonds. The number of nitrogens with zero attached hydrogens (tertiary/aromatic N) is 8. The van der Waals surface area contributed by atoms with Crippen molar-refractivity contribution in [1.82, 2.24) is 44.0 Å². The van der Waals surface area contributed by atoms with Gasteiger partial charge < -0.3 is 25.3 Å². The van der Waals surface area contributed by atoms with Crippen molar-refractivity contribution in [2.24, 2.45) is 5.73 Å². The Labute approximate surface area is 309 Å². The van der Waals surface area contributed by atoms with Gasteiger partial charge in [-0.2, -0.15) is 10.2 Å². The zero-order chi connectivity index (χ0) is 38.5. The molecule has 280 valence electrons. The Morgan fingerprint density at radius 3 is 1.67 bits per heavy atom. The van der Waals surface area contributed by atoms with Crippen molar-refractivity contribution in [1.29, 1.82) is 0 Å². The van der Waals surface area contributed by atoms with Crippen molar-refractivity contribution < 1.29 is 24.3 Å². The number of rotatable bonds is 15. The van der Waals surface area contributed by atoms with Crippen molar-refractivity contribution in [2.45, 2.75) is 60.3 Å². The maximum absolute atomic E-state index is 13.5. The number of anilines is 2. The molecule has 0 aliphatic heterocycles. The van der Waals surface area contributed by atoms with E-state index < -0.39 is 5.91 Å². The van der Waals surface area contributed by atoms with Crippen molar-refractivity contribution in [2.75, 3.05) is 23.8 Å². The average molecular weight is 735 g/mol. The van der Waals surface area contributed by atoms with Crippen LogP contribution in [-0.4, -0.2) is 80.6 Å². The number of allylic oxidation sites excluding steroid dienone is 2. The van der Waals surface area contributed by atoms with Gasteiger partial charge in [-0.05, 0) is 82.6 Å². The number of amides is 4. The van der Waals surface area contributed by atoms with Gasteiger partial charge in [0.15, 0.2) is 0 Å². The normalized spacial score (nSPS) is 11.5. The van der Waals surface area contributed by atoms with Crippen LogP contribution in [0.25, 0.3) is 22.1 Å². The molecule has 0 unspecified atom stereocenters. The summed E-state index contributed by atoms with van der Waals surface area (Å²) in [6.45, 7) is 9.26. The molecule has 2 aromatic carbocycles. The van der Waals surface area contributed by atoms with Gasteiger partial charge >= 0.3 is 0 Å². The van der Waals surface area contributed by atoms with E-state index in [-0.39, 0.29) is 54.9 Å². The Balaban J connectivity index is 1.31. The van der Waals surface area contributed by atoms with Crippen molar-refractivity contribution in [3.63, 3.8) is 0 Å². The van der Waals surface area contributed by atoms with Crippen LogP contribution in [0, 0.1) is 13.8 Å². The van der Waals surface area contributed by atoms with E-state index in [1.165, 1.54) is 0 Å². The monoisotopic (exact) mass is 734 g/mol. The first-order valence-electron chi connectivity index (χ1n) is 17.6. The SMILES string of the molecule is CCn1nc(C)cc1C(=O)Nc1nc2cc(C(N)=O)ccc2n1C/C=C/Cn1c(NC(=O)c2cc(C)nn2CC)nc2cc(C(=O)NCCCO)ccc21. The lowest BCUT2D eigenvalue weighted by Crippen LogP contribution is -2.24. The summed E-state index contributed by atoms with van der Waals surface area (Å²) in [4.78, 5) is 61.0. The first-order chi connectivity index (χ1) is 26.0. The van der Waals surface area contributed by atoms with E-state index >= 15 is 0 Å². The number of hydrogen-bond acceptors (Lipinski definition) is 9. The minimum absolute atomic E-state index is 0.0366. The lowest BCUT2D eigenvalue weighted by atomic mass is 10.2. The number of aliphatic hydroxyl groups excluding tert-OH is 1. The summed E-state index contributed by atoms with van der Waals surface area (Å²) in [5.74, 6) is -1.16. The number of benzene rings is 2. The van der Waals surface area contributed by atoms with Crippen LogP contribution in [0.2, 0.25) is 0 Å². The molecule has 0 atom stereocenters. The van der Waals surface area contributed by atoms with Crippen LogP contribution in [-0.2, 0) is 26.2 Å². The van der Waals surface area contributed by atoms with Crippen LogP contribution < -0.4 is 21.7 Å². The van der Waals surface area contributed by atoms with Gasteiger partial charge in [0, 0.05) is 50.5 Å². The Morgan fingerprint density at radius 1 is 0.722 bits per heavy atom. The van der Waals surface area contributed by atoms with Crippen LogP contribution in [0.5, 0.6) is 0 Å². The van der Waals surface area contributed by atoms with Crippen molar-refractivity contribution in [3.05, 3.63) is 94.6 Å². The number of carbonyl (C=O) groups excluding carboxylic acids is 4. The topological polar surface area (TPSA) is 222 Å². The molecule has 6 rings (SSSR count). The zero-order valence-electron chi connectivity index (χ0n) is 30.5. The molecule has 6 N–H and O–H groups in total. The summed E-state index contributed by atoms with van der Waals surface area (Å²) in [5, 5.41) is 26.5. The van der Waals surface area contributed by atoms with Gasteiger partial charge in [-0.3, -0.25) is 39.2 Å². The van der Waals surface area contributed by atoms with Crippen LogP contribution in [0.3, 0.4) is 0 Å². The minimum Gasteiger partial charge on any atom is -0.396 e. The summed E-state index contributed by atoms with van der Waals surface area (Å²) in [6.07, 6.45) is 4.20. The number of aliphatic hydroxyl groups is 1. The van der Waals surface area contributed by atoms with Gasteiger partial charge in [0.05, 0.1) is 33.5 Å². The molecule has 4 aromatic heterocycles. The van der Waals surface area contributed by atoms with Gasteiger partial charge in [-0.25, -0.2) is 9.97 Å². The van der Waals surface area contributed by atoms with E-state index in [2.05, 4.69) is 31.1 Å². The number of hydrogen-bond donors (Lipinski definition) is 5. The molecule has 0 spiro atoms. The van der Waals surface area contributed by atoms with E-state index in [9.17, 15) is 19.2 Å². The smallest absolute Gasteiger partial charge is 0.276 e. The van der Waals surface area contributed by atoms with Gasteiger partial charge in [-0.15, -0.1) is 0 Å². The fourth-order valence-electron chi connectivity index (χ4n) is 6.13. The Bertz CT molecular complexity index is 2410. The maximum Gasteiger partial charge on any atom is 0.276 e. The highest BCUT2D eigenvalue weighted by atomic mass is 16.3. The Morgan fingerprint density at radius 2 is 1.20 bits per heavy atom. The highest BCUT2D eigenvalue weighted by Gasteiger charge is 2.21. The number of aromatic nitrogens is 8. The van der Waals surface area contributed by atoms with E-state index in [4.69, 9.17) is 15.8 Å². The largest absolute Gasteiger partial charge is 0.396 e. The molecule has 4 heterocycles. The zero-order valence-corrected chi connectivity index (χ0v) is 30.5. The molecule has 6 aromatic rings. The summed E-state index contributed by atoms with van der Waals surface area (Å²) < 4.78 is 6.84. The quantitative estimate of drug-likeness (QED) is 0.0769. The molecular weight excluding hydrogens is 692 g/mol. The number of nitrogens with one attached hydrogen (secondary N) is 3. The molecule has 54 heavy (non-hydrogen) atoms. The summed E-state index contributed by atoms with van der Waals surface area (Å²) in [5.41, 5.74) is 10.7. The summed E-state index contributed by atoms with van der Waals surface area (Å²) in [7, 11) is 0. The molecule has 17 nitrogen and oxygen atoms in total. The second-order valence-corrected chi connectivity index (χ2v) is 12.5. The number of carbonyl (C=O) groups is 4. The van der Waals surface area contributed by atoms with Gasteiger partial charge in [-0.1, -0.05) is 12.2 Å². The predicted molar refractivity (Wildman–Crippen MR) is 202 cm³/mol. The molecule has 0 fully saturated rings. The van der Waals surface area contributed by atoms with E-state index in [1.807, 2.05) is 44.4 Å². The van der Waals surface area contributed by atoms with Gasteiger partial charge in [0.2, 0.25) is 17.8 Å². The Kier molecular flexibility index (Phi) is 11.0. The van der Waals surface area contributed by atoms with Crippen LogP contribution in [0.4, 0.5) is 11.9 Å². The number of nitrogens with two attached hydrogens (primary N) is 1. The molecule has 0 saturated heterocycles. The molecule has 0 bridgehead atoms. The second-order valence-electron chi connectivity index (χ2n) is 12.5. The molecule has 0 aliphatic carbocycles. The Hall–Kier alpha value is -6.62. The summed E-state index contributed by atoms with van der Waals surface area (Å²) in [6, 6.07) is 13.4. The molecule has 17 heteroatoms. The number of aryl methyl sites for hydroxylation is 4. The standard InChI is InChI=1S/C37H42N12O5/c1-5-48-30(18-22(3)44-48)34(53)42-36-40-26-20-24(32(38)51)10-12-28(26)46(36)15-7-8-16-47-29-13-11-25(33(52)39-14-9-17-50)21-27(29)41-37(47)43-35(54)31-19-23(4)45-49(31)6-2/h7-8,10-13,18-21,50H,5-6,9,14-17H2,1-4H3,(H2,38,51)(H,39,52)(H,40,42,53)(H,41,43,54)/b8-7+. The third kappa shape index (κ3) is 7.75. The van der Waals surface area contributed by atoms with E-state index in [0.717, 1.165) is 0 Å². The van der Waals surface area contributed by atoms with Crippen LogP contribution in [0.15, 0.2) is 60.7 Å². The minimum atomic E-state index is -0.599. The van der Waals surface area contributed by atoms with E-state index in [0.29, 0.717) is 76.5 Å².